The minimum atomic E-state index is -0.644. The molecule has 0 spiro atoms. The minimum Gasteiger partial charge on any atom is -0.445 e. The summed E-state index contributed by atoms with van der Waals surface area (Å²) in [5.74, 6) is 1.56. The maximum atomic E-state index is 10.1. The monoisotopic (exact) mass is 165 g/mol. The number of fused-ring (bicyclic) bond motifs is 1. The molecule has 0 radical (unpaired) electrons. The van der Waals surface area contributed by atoms with Crippen molar-refractivity contribution in [2.45, 2.75) is 24.9 Å². The molecule has 2 saturated carbocycles. The predicted molar refractivity (Wildman–Crippen MR) is 41.2 cm³/mol. The third-order valence-corrected chi connectivity index (χ3v) is 3.36. The van der Waals surface area contributed by atoms with E-state index in [-0.39, 0.29) is 0 Å². The fourth-order valence-electron chi connectivity index (χ4n) is 2.70. The Bertz CT molecular complexity index is 283. The van der Waals surface area contributed by atoms with Crippen LogP contribution in [0.25, 0.3) is 0 Å². The molecule has 12 heavy (non-hydrogen) atoms. The Morgan fingerprint density at radius 3 is 2.83 bits per heavy atom. The van der Waals surface area contributed by atoms with Gasteiger partial charge in [0.15, 0.2) is 12.2 Å². The van der Waals surface area contributed by atoms with Gasteiger partial charge in [-0.25, -0.2) is 4.98 Å². The topological polar surface area (TPSA) is 46.3 Å². The summed E-state index contributed by atoms with van der Waals surface area (Å²) in [5, 5.41) is 10.1. The molecule has 0 aromatic carbocycles. The lowest BCUT2D eigenvalue weighted by Gasteiger charge is -2.09. The molecule has 3 nitrogen and oxygen atoms in total. The van der Waals surface area contributed by atoms with E-state index in [9.17, 15) is 5.11 Å². The molecule has 2 aliphatic rings. The second kappa shape index (κ2) is 1.91. The molecule has 3 heteroatoms. The van der Waals surface area contributed by atoms with Crippen molar-refractivity contribution in [1.82, 2.24) is 4.98 Å². The first kappa shape index (κ1) is 6.66. The van der Waals surface area contributed by atoms with Crippen molar-refractivity contribution in [1.29, 1.82) is 0 Å². The molecule has 0 aliphatic heterocycles. The average Bonchev–Trinajstić information content (AvgIpc) is 2.62. The highest BCUT2D eigenvalue weighted by molar-refractivity contribution is 5.24. The first-order chi connectivity index (χ1) is 5.83. The summed E-state index contributed by atoms with van der Waals surface area (Å²) in [6.07, 6.45) is 6.56. The van der Waals surface area contributed by atoms with Crippen LogP contribution in [0.5, 0.6) is 0 Å². The number of hydrogen-bond donors (Lipinski definition) is 1. The van der Waals surface area contributed by atoms with E-state index in [4.69, 9.17) is 4.42 Å². The molecule has 0 saturated heterocycles. The van der Waals surface area contributed by atoms with Gasteiger partial charge in [0.1, 0.15) is 5.60 Å². The van der Waals surface area contributed by atoms with Crippen LogP contribution < -0.4 is 0 Å². The maximum Gasteiger partial charge on any atom is 0.181 e. The summed E-state index contributed by atoms with van der Waals surface area (Å²) in [7, 11) is 0. The first-order valence-corrected chi connectivity index (χ1v) is 4.45. The van der Waals surface area contributed by atoms with E-state index >= 15 is 0 Å². The number of nitrogens with zero attached hydrogens (tertiary/aromatic N) is 1. The number of hydrogen-bond acceptors (Lipinski definition) is 3. The van der Waals surface area contributed by atoms with Gasteiger partial charge in [0.25, 0.3) is 0 Å². The van der Waals surface area contributed by atoms with E-state index in [1.54, 1.807) is 6.20 Å². The highest BCUT2D eigenvalue weighted by atomic mass is 16.4. The molecular formula is C9H11NO2. The zero-order chi connectivity index (χ0) is 8.18. The minimum absolute atomic E-state index is 0.449. The molecular weight excluding hydrogens is 154 g/mol. The Morgan fingerprint density at radius 2 is 2.25 bits per heavy atom. The van der Waals surface area contributed by atoms with Crippen LogP contribution in [-0.4, -0.2) is 10.1 Å². The van der Waals surface area contributed by atoms with Gasteiger partial charge in [-0.2, -0.15) is 0 Å². The van der Waals surface area contributed by atoms with Crippen molar-refractivity contribution in [3.8, 4) is 0 Å². The lowest BCUT2D eigenvalue weighted by molar-refractivity contribution is 0.0806. The Hall–Kier alpha value is -0.830. The number of aromatic nitrogens is 1. The van der Waals surface area contributed by atoms with Crippen molar-refractivity contribution in [2.24, 2.45) is 11.8 Å². The lowest BCUT2D eigenvalue weighted by atomic mass is 10.1. The highest BCUT2D eigenvalue weighted by Crippen LogP contribution is 2.66. The van der Waals surface area contributed by atoms with Crippen LogP contribution in [0.2, 0.25) is 0 Å². The summed E-state index contributed by atoms with van der Waals surface area (Å²) in [4.78, 5) is 3.83. The molecule has 0 bridgehead atoms. The first-order valence-electron chi connectivity index (χ1n) is 4.45. The van der Waals surface area contributed by atoms with Gasteiger partial charge in [-0.1, -0.05) is 6.42 Å². The van der Waals surface area contributed by atoms with Crippen LogP contribution in [0.4, 0.5) is 0 Å². The summed E-state index contributed by atoms with van der Waals surface area (Å²) in [5.41, 5.74) is -0.644. The standard InChI is InChI=1S/C9H11NO2/c11-9(8-4-10-5-12-8)6-2-1-3-7(6)9/h4-7,11H,1-3H2. The Balaban J connectivity index is 1.96. The molecule has 1 heterocycles. The molecule has 1 aromatic rings. The molecule has 2 unspecified atom stereocenters. The van der Waals surface area contributed by atoms with E-state index in [1.165, 1.54) is 12.8 Å². The van der Waals surface area contributed by atoms with Gasteiger partial charge < -0.3 is 9.52 Å². The van der Waals surface area contributed by atoms with Gasteiger partial charge in [0.05, 0.1) is 6.20 Å². The van der Waals surface area contributed by atoms with Crippen LogP contribution in [0, 0.1) is 11.8 Å². The molecule has 0 amide bonds. The van der Waals surface area contributed by atoms with Gasteiger partial charge in [-0.3, -0.25) is 0 Å². The van der Waals surface area contributed by atoms with E-state index in [2.05, 4.69) is 4.98 Å². The maximum absolute atomic E-state index is 10.1. The molecule has 3 rings (SSSR count). The van der Waals surface area contributed by atoms with E-state index < -0.39 is 5.60 Å². The van der Waals surface area contributed by atoms with Crippen molar-refractivity contribution in [2.75, 3.05) is 0 Å². The molecule has 2 atom stereocenters. The number of oxazole rings is 1. The largest absolute Gasteiger partial charge is 0.445 e. The SMILES string of the molecule is OC1(c2cnco2)C2CCCC21. The summed E-state index contributed by atoms with van der Waals surface area (Å²) < 4.78 is 5.14. The Labute approximate surface area is 70.4 Å². The highest BCUT2D eigenvalue weighted by Gasteiger charge is 2.68. The number of aliphatic hydroxyl groups is 1. The molecule has 1 aromatic heterocycles. The number of rotatable bonds is 1. The van der Waals surface area contributed by atoms with Crippen LogP contribution in [-0.2, 0) is 5.60 Å². The van der Waals surface area contributed by atoms with E-state index in [0.717, 1.165) is 12.8 Å². The molecule has 64 valence electrons. The lowest BCUT2D eigenvalue weighted by Crippen LogP contribution is -2.11. The van der Waals surface area contributed by atoms with Crippen LogP contribution >= 0.6 is 0 Å². The summed E-state index contributed by atoms with van der Waals surface area (Å²) in [6.45, 7) is 0. The smallest absolute Gasteiger partial charge is 0.181 e. The third kappa shape index (κ3) is 0.591. The normalized spacial score (nSPS) is 44.4. The van der Waals surface area contributed by atoms with Crippen molar-refractivity contribution < 1.29 is 9.52 Å². The van der Waals surface area contributed by atoms with Gasteiger partial charge >= 0.3 is 0 Å². The van der Waals surface area contributed by atoms with Crippen LogP contribution in [0.15, 0.2) is 17.0 Å². The van der Waals surface area contributed by atoms with Gasteiger partial charge in [-0.15, -0.1) is 0 Å². The van der Waals surface area contributed by atoms with Gasteiger partial charge in [0, 0.05) is 11.8 Å². The van der Waals surface area contributed by atoms with Crippen LogP contribution in [0.3, 0.4) is 0 Å². The van der Waals surface area contributed by atoms with Crippen molar-refractivity contribution in [3.05, 3.63) is 18.4 Å². The second-order valence-corrected chi connectivity index (χ2v) is 3.83. The van der Waals surface area contributed by atoms with E-state index in [0.29, 0.717) is 17.6 Å². The summed E-state index contributed by atoms with van der Waals surface area (Å²) in [6, 6.07) is 0. The van der Waals surface area contributed by atoms with E-state index in [1.807, 2.05) is 0 Å². The fraction of sp³-hybridized carbons (Fsp3) is 0.667. The molecule has 2 fully saturated rings. The molecule has 2 aliphatic carbocycles. The third-order valence-electron chi connectivity index (χ3n) is 3.36. The molecule has 1 N–H and O–H groups in total. The Kier molecular flexibility index (Phi) is 1.06. The van der Waals surface area contributed by atoms with Gasteiger partial charge in [-0.05, 0) is 12.8 Å². The predicted octanol–water partition coefficient (Wildman–Crippen LogP) is 1.29. The zero-order valence-electron chi connectivity index (χ0n) is 6.73. The Morgan fingerprint density at radius 1 is 1.50 bits per heavy atom. The summed E-state index contributed by atoms with van der Waals surface area (Å²) >= 11 is 0. The zero-order valence-corrected chi connectivity index (χ0v) is 6.73. The van der Waals surface area contributed by atoms with Crippen LogP contribution in [0.1, 0.15) is 25.0 Å². The van der Waals surface area contributed by atoms with Gasteiger partial charge in [0.2, 0.25) is 0 Å². The van der Waals surface area contributed by atoms with Crippen molar-refractivity contribution >= 4 is 0 Å². The quantitative estimate of drug-likeness (QED) is 0.682. The second-order valence-electron chi connectivity index (χ2n) is 3.83. The average molecular weight is 165 g/mol. The fourth-order valence-corrected chi connectivity index (χ4v) is 2.70. The van der Waals surface area contributed by atoms with Crippen molar-refractivity contribution in [3.63, 3.8) is 0 Å².